The summed E-state index contributed by atoms with van der Waals surface area (Å²) in [6.07, 6.45) is 0.817. The van der Waals surface area contributed by atoms with Crippen molar-refractivity contribution in [2.24, 2.45) is 5.41 Å². The fourth-order valence-electron chi connectivity index (χ4n) is 1.84. The number of benzene rings is 1. The molecule has 0 bridgehead atoms. The summed E-state index contributed by atoms with van der Waals surface area (Å²) in [6, 6.07) is 8.81. The number of hydrogen-bond acceptors (Lipinski definition) is 3. The van der Waals surface area contributed by atoms with Gasteiger partial charge in [0.2, 0.25) is 0 Å². The van der Waals surface area contributed by atoms with Crippen LogP contribution < -0.4 is 5.32 Å². The Labute approximate surface area is 101 Å². The molecule has 3 heteroatoms. The summed E-state index contributed by atoms with van der Waals surface area (Å²) in [5.74, 6) is 1.12. The minimum Gasteiger partial charge on any atom is -0.383 e. The van der Waals surface area contributed by atoms with Gasteiger partial charge in [0.05, 0.1) is 11.5 Å². The van der Waals surface area contributed by atoms with Crippen molar-refractivity contribution >= 4 is 17.4 Å². The van der Waals surface area contributed by atoms with Crippen LogP contribution in [0.15, 0.2) is 23.1 Å². The smallest absolute Gasteiger partial charge is 0.0687 e. The molecular formula is C13H16N2S. The predicted molar refractivity (Wildman–Crippen MR) is 68.8 cm³/mol. The molecule has 1 N–H and O–H groups in total. The molecule has 1 aromatic carbocycles. The van der Waals surface area contributed by atoms with Crippen molar-refractivity contribution in [3.8, 4) is 6.07 Å². The van der Waals surface area contributed by atoms with Gasteiger partial charge in [0, 0.05) is 22.9 Å². The van der Waals surface area contributed by atoms with Gasteiger partial charge in [0.1, 0.15) is 0 Å². The molecule has 0 saturated heterocycles. The monoisotopic (exact) mass is 232 g/mol. The second-order valence-corrected chi connectivity index (χ2v) is 5.91. The van der Waals surface area contributed by atoms with E-state index in [1.807, 2.05) is 25.6 Å². The lowest BCUT2D eigenvalue weighted by Crippen LogP contribution is -2.13. The van der Waals surface area contributed by atoms with E-state index in [0.29, 0.717) is 0 Å². The maximum atomic E-state index is 9.03. The first-order valence-electron chi connectivity index (χ1n) is 5.52. The van der Waals surface area contributed by atoms with Crippen molar-refractivity contribution in [1.82, 2.24) is 0 Å². The van der Waals surface area contributed by atoms with Crippen molar-refractivity contribution in [3.63, 3.8) is 0 Å². The van der Waals surface area contributed by atoms with Gasteiger partial charge in [0.25, 0.3) is 0 Å². The van der Waals surface area contributed by atoms with Crippen LogP contribution in [-0.2, 0) is 6.42 Å². The molecule has 0 spiro atoms. The number of anilines is 1. The molecule has 0 fully saturated rings. The molecule has 0 aromatic heterocycles. The van der Waals surface area contributed by atoms with E-state index in [1.54, 1.807) is 0 Å². The van der Waals surface area contributed by atoms with Crippen LogP contribution in [0, 0.1) is 16.7 Å². The standard InChI is InChI=1S/C13H16N2S/c1-13(2,9-14)8-10-3-4-11-12(7-10)16-6-5-15-11/h3-4,7,15H,5-6,8H2,1-2H3. The highest BCUT2D eigenvalue weighted by molar-refractivity contribution is 7.99. The molecular weight excluding hydrogens is 216 g/mol. The zero-order valence-corrected chi connectivity index (χ0v) is 10.5. The van der Waals surface area contributed by atoms with E-state index >= 15 is 0 Å². The summed E-state index contributed by atoms with van der Waals surface area (Å²) in [6.45, 7) is 5.01. The fourth-order valence-corrected chi connectivity index (χ4v) is 2.79. The third kappa shape index (κ3) is 2.51. The topological polar surface area (TPSA) is 35.8 Å². The van der Waals surface area contributed by atoms with Crippen LogP contribution in [0.4, 0.5) is 5.69 Å². The molecule has 0 atom stereocenters. The average molecular weight is 232 g/mol. The number of thioether (sulfide) groups is 1. The Morgan fingerprint density at radius 2 is 2.31 bits per heavy atom. The van der Waals surface area contributed by atoms with Gasteiger partial charge in [-0.05, 0) is 38.0 Å². The number of nitrogens with zero attached hydrogens (tertiary/aromatic N) is 1. The van der Waals surface area contributed by atoms with Crippen molar-refractivity contribution in [3.05, 3.63) is 23.8 Å². The van der Waals surface area contributed by atoms with E-state index < -0.39 is 0 Å². The van der Waals surface area contributed by atoms with Gasteiger partial charge in [-0.3, -0.25) is 0 Å². The second kappa shape index (κ2) is 4.39. The van der Waals surface area contributed by atoms with E-state index in [1.165, 1.54) is 16.1 Å². The molecule has 0 aliphatic carbocycles. The molecule has 0 saturated carbocycles. The van der Waals surface area contributed by atoms with Gasteiger partial charge in [-0.2, -0.15) is 5.26 Å². The molecule has 1 heterocycles. The zero-order chi connectivity index (χ0) is 11.6. The van der Waals surface area contributed by atoms with Crippen LogP contribution in [0.1, 0.15) is 19.4 Å². The van der Waals surface area contributed by atoms with E-state index in [4.69, 9.17) is 5.26 Å². The number of hydrogen-bond donors (Lipinski definition) is 1. The largest absolute Gasteiger partial charge is 0.383 e. The van der Waals surface area contributed by atoms with Gasteiger partial charge in [0.15, 0.2) is 0 Å². The normalized spacial score (nSPS) is 14.8. The number of nitriles is 1. The molecule has 1 aliphatic heterocycles. The number of rotatable bonds is 2. The van der Waals surface area contributed by atoms with E-state index in [2.05, 4.69) is 29.6 Å². The van der Waals surface area contributed by atoms with Crippen molar-refractivity contribution in [2.75, 3.05) is 17.6 Å². The lowest BCUT2D eigenvalue weighted by atomic mass is 9.87. The summed E-state index contributed by atoms with van der Waals surface area (Å²) in [5.41, 5.74) is 2.21. The Bertz CT molecular complexity index is 432. The van der Waals surface area contributed by atoms with Crippen LogP contribution >= 0.6 is 11.8 Å². The zero-order valence-electron chi connectivity index (χ0n) is 9.71. The first kappa shape index (κ1) is 11.3. The van der Waals surface area contributed by atoms with Crippen LogP contribution in [0.5, 0.6) is 0 Å². The maximum Gasteiger partial charge on any atom is 0.0687 e. The highest BCUT2D eigenvalue weighted by atomic mass is 32.2. The molecule has 0 radical (unpaired) electrons. The summed E-state index contributed by atoms with van der Waals surface area (Å²) < 4.78 is 0. The van der Waals surface area contributed by atoms with Crippen LogP contribution in [0.3, 0.4) is 0 Å². The first-order valence-corrected chi connectivity index (χ1v) is 6.50. The molecule has 84 valence electrons. The summed E-state index contributed by atoms with van der Waals surface area (Å²) >= 11 is 1.89. The Kier molecular flexibility index (Phi) is 3.11. The van der Waals surface area contributed by atoms with Gasteiger partial charge in [-0.25, -0.2) is 0 Å². The third-order valence-electron chi connectivity index (χ3n) is 2.67. The fraction of sp³-hybridized carbons (Fsp3) is 0.462. The lowest BCUT2D eigenvalue weighted by molar-refractivity contribution is 0.493. The number of nitrogens with one attached hydrogen (secondary N) is 1. The highest BCUT2D eigenvalue weighted by Gasteiger charge is 2.18. The number of fused-ring (bicyclic) bond motifs is 1. The Morgan fingerprint density at radius 1 is 1.50 bits per heavy atom. The van der Waals surface area contributed by atoms with Gasteiger partial charge in [-0.1, -0.05) is 6.07 Å². The van der Waals surface area contributed by atoms with Crippen LogP contribution in [0.2, 0.25) is 0 Å². The quantitative estimate of drug-likeness (QED) is 0.850. The average Bonchev–Trinajstić information content (AvgIpc) is 2.28. The molecule has 1 aromatic rings. The van der Waals surface area contributed by atoms with Gasteiger partial charge in [-0.15, -0.1) is 11.8 Å². The van der Waals surface area contributed by atoms with E-state index in [-0.39, 0.29) is 5.41 Å². The van der Waals surface area contributed by atoms with Crippen LogP contribution in [-0.4, -0.2) is 12.3 Å². The predicted octanol–water partition coefficient (Wildman–Crippen LogP) is 3.30. The molecule has 0 unspecified atom stereocenters. The minimum absolute atomic E-state index is 0.277. The summed E-state index contributed by atoms with van der Waals surface area (Å²) in [4.78, 5) is 1.32. The van der Waals surface area contributed by atoms with Crippen LogP contribution in [0.25, 0.3) is 0 Å². The maximum absolute atomic E-state index is 9.03. The van der Waals surface area contributed by atoms with Crippen molar-refractivity contribution in [2.45, 2.75) is 25.2 Å². The highest BCUT2D eigenvalue weighted by Crippen LogP contribution is 2.33. The molecule has 2 rings (SSSR count). The molecule has 0 amide bonds. The van der Waals surface area contributed by atoms with E-state index in [0.717, 1.165) is 18.7 Å². The van der Waals surface area contributed by atoms with Gasteiger partial charge >= 0.3 is 0 Å². The van der Waals surface area contributed by atoms with Gasteiger partial charge < -0.3 is 5.32 Å². The third-order valence-corrected chi connectivity index (χ3v) is 3.73. The SMILES string of the molecule is CC(C)(C#N)Cc1ccc2c(c1)SCCN2. The second-order valence-electron chi connectivity index (χ2n) is 4.78. The minimum atomic E-state index is -0.277. The molecule has 16 heavy (non-hydrogen) atoms. The Morgan fingerprint density at radius 3 is 3.06 bits per heavy atom. The Hall–Kier alpha value is -1.14. The van der Waals surface area contributed by atoms with E-state index in [9.17, 15) is 0 Å². The molecule has 1 aliphatic rings. The summed E-state index contributed by atoms with van der Waals surface area (Å²) in [5, 5.41) is 12.4. The summed E-state index contributed by atoms with van der Waals surface area (Å²) in [7, 11) is 0. The molecule has 2 nitrogen and oxygen atoms in total. The lowest BCUT2D eigenvalue weighted by Gasteiger charge is -2.20. The Balaban J connectivity index is 2.21. The van der Waals surface area contributed by atoms with Crippen molar-refractivity contribution in [1.29, 1.82) is 5.26 Å². The first-order chi connectivity index (χ1) is 7.61. The van der Waals surface area contributed by atoms with Crippen molar-refractivity contribution < 1.29 is 0 Å².